The van der Waals surface area contributed by atoms with Gasteiger partial charge in [0.1, 0.15) is 0 Å². The highest BCUT2D eigenvalue weighted by atomic mass is 16.4. The van der Waals surface area contributed by atoms with Crippen molar-refractivity contribution < 1.29 is 19.5 Å². The lowest BCUT2D eigenvalue weighted by Gasteiger charge is -2.35. The van der Waals surface area contributed by atoms with Crippen LogP contribution >= 0.6 is 0 Å². The molecule has 0 spiro atoms. The largest absolute Gasteiger partial charge is 0.481 e. The van der Waals surface area contributed by atoms with Gasteiger partial charge < -0.3 is 16.2 Å². The summed E-state index contributed by atoms with van der Waals surface area (Å²) in [6, 6.07) is 0. The van der Waals surface area contributed by atoms with Crippen molar-refractivity contribution in [1.82, 2.24) is 5.32 Å². The number of amides is 2. The summed E-state index contributed by atoms with van der Waals surface area (Å²) in [4.78, 5) is 33.5. The molecule has 0 aromatic heterocycles. The Labute approximate surface area is 119 Å². The van der Waals surface area contributed by atoms with Gasteiger partial charge in [0, 0.05) is 19.4 Å². The molecule has 0 atom stereocenters. The summed E-state index contributed by atoms with van der Waals surface area (Å²) in [7, 11) is 0. The van der Waals surface area contributed by atoms with E-state index in [0.717, 1.165) is 32.1 Å². The first-order chi connectivity index (χ1) is 9.43. The van der Waals surface area contributed by atoms with Crippen molar-refractivity contribution in [3.8, 4) is 0 Å². The summed E-state index contributed by atoms with van der Waals surface area (Å²) < 4.78 is 0. The van der Waals surface area contributed by atoms with Crippen LogP contribution in [0.25, 0.3) is 0 Å². The smallest absolute Gasteiger partial charge is 0.303 e. The van der Waals surface area contributed by atoms with Crippen LogP contribution in [0.3, 0.4) is 0 Å². The summed E-state index contributed by atoms with van der Waals surface area (Å²) in [5.41, 5.74) is 4.63. The number of primary amides is 1. The van der Waals surface area contributed by atoms with Crippen molar-refractivity contribution >= 4 is 17.8 Å². The molecule has 0 saturated heterocycles. The summed E-state index contributed by atoms with van der Waals surface area (Å²) in [5, 5.41) is 11.8. The highest BCUT2D eigenvalue weighted by molar-refractivity contribution is 5.78. The van der Waals surface area contributed by atoms with Gasteiger partial charge in [0.2, 0.25) is 11.8 Å². The van der Waals surface area contributed by atoms with Crippen molar-refractivity contribution in [2.45, 2.75) is 57.8 Å². The Bertz CT molecular complexity index is 362. The maximum atomic E-state index is 11.9. The van der Waals surface area contributed by atoms with Crippen LogP contribution in [-0.4, -0.2) is 29.4 Å². The molecule has 2 amide bonds. The summed E-state index contributed by atoms with van der Waals surface area (Å²) in [6.07, 6.45) is 5.78. The molecule has 6 heteroatoms. The molecule has 1 fully saturated rings. The Balaban J connectivity index is 2.41. The third-order valence-corrected chi connectivity index (χ3v) is 3.90. The summed E-state index contributed by atoms with van der Waals surface area (Å²) in [6.45, 7) is 0.408. The molecule has 0 unspecified atom stereocenters. The van der Waals surface area contributed by atoms with E-state index >= 15 is 0 Å². The number of hydrogen-bond donors (Lipinski definition) is 3. The van der Waals surface area contributed by atoms with Crippen LogP contribution in [0.1, 0.15) is 57.8 Å². The standard InChI is InChI=1S/C14H24N2O4/c15-11(17)5-4-8-16-12(18)9-14(10-13(19)20)6-2-1-3-7-14/h1-10H2,(H2,15,17)(H,16,18)(H,19,20). The minimum atomic E-state index is -0.839. The molecule has 0 radical (unpaired) electrons. The molecular formula is C14H24N2O4. The van der Waals surface area contributed by atoms with Crippen molar-refractivity contribution in [2.75, 3.05) is 6.54 Å². The monoisotopic (exact) mass is 284 g/mol. The molecule has 0 aromatic carbocycles. The Kier molecular flexibility index (Phi) is 6.48. The van der Waals surface area contributed by atoms with Crippen LogP contribution in [0.15, 0.2) is 0 Å². The lowest BCUT2D eigenvalue weighted by molar-refractivity contribution is -0.141. The van der Waals surface area contributed by atoms with Crippen LogP contribution in [0.5, 0.6) is 0 Å². The average Bonchev–Trinajstić information content (AvgIpc) is 2.34. The van der Waals surface area contributed by atoms with E-state index in [1.54, 1.807) is 0 Å². The van der Waals surface area contributed by atoms with Gasteiger partial charge in [0.25, 0.3) is 0 Å². The minimum Gasteiger partial charge on any atom is -0.481 e. The highest BCUT2D eigenvalue weighted by Gasteiger charge is 2.36. The second kappa shape index (κ2) is 7.87. The van der Waals surface area contributed by atoms with Gasteiger partial charge in [-0.05, 0) is 24.7 Å². The van der Waals surface area contributed by atoms with Gasteiger partial charge in [-0.1, -0.05) is 19.3 Å². The van der Waals surface area contributed by atoms with Gasteiger partial charge in [0.05, 0.1) is 6.42 Å². The quantitative estimate of drug-likeness (QED) is 0.581. The number of nitrogens with one attached hydrogen (secondary N) is 1. The zero-order chi connectivity index (χ0) is 15.0. The van der Waals surface area contributed by atoms with Gasteiger partial charge in [-0.25, -0.2) is 0 Å². The molecule has 6 nitrogen and oxygen atoms in total. The number of aliphatic carboxylic acids is 1. The van der Waals surface area contributed by atoms with Gasteiger partial charge in [-0.2, -0.15) is 0 Å². The van der Waals surface area contributed by atoms with Crippen molar-refractivity contribution in [2.24, 2.45) is 11.1 Å². The number of hydrogen-bond acceptors (Lipinski definition) is 3. The van der Waals surface area contributed by atoms with E-state index in [2.05, 4.69) is 5.32 Å². The van der Waals surface area contributed by atoms with E-state index in [4.69, 9.17) is 10.8 Å². The number of nitrogens with two attached hydrogens (primary N) is 1. The number of carbonyl (C=O) groups excluding carboxylic acids is 2. The Morgan fingerprint density at radius 3 is 2.30 bits per heavy atom. The fraction of sp³-hybridized carbons (Fsp3) is 0.786. The van der Waals surface area contributed by atoms with E-state index in [9.17, 15) is 14.4 Å². The summed E-state index contributed by atoms with van der Waals surface area (Å²) >= 11 is 0. The lowest BCUT2D eigenvalue weighted by atomic mass is 9.69. The predicted molar refractivity (Wildman–Crippen MR) is 73.8 cm³/mol. The molecule has 20 heavy (non-hydrogen) atoms. The molecule has 1 rings (SSSR count). The Morgan fingerprint density at radius 2 is 1.75 bits per heavy atom. The maximum absolute atomic E-state index is 11.9. The van der Waals surface area contributed by atoms with Crippen LogP contribution < -0.4 is 11.1 Å². The normalized spacial score (nSPS) is 17.4. The van der Waals surface area contributed by atoms with Crippen LogP contribution in [0.2, 0.25) is 0 Å². The Morgan fingerprint density at radius 1 is 1.10 bits per heavy atom. The molecule has 4 N–H and O–H groups in total. The third-order valence-electron chi connectivity index (χ3n) is 3.90. The molecule has 0 aromatic rings. The van der Waals surface area contributed by atoms with Crippen LogP contribution in [-0.2, 0) is 14.4 Å². The second-order valence-electron chi connectivity index (χ2n) is 5.73. The SMILES string of the molecule is NC(=O)CCCNC(=O)CC1(CC(=O)O)CCCCC1. The first-order valence-corrected chi connectivity index (χ1v) is 7.20. The molecule has 1 saturated carbocycles. The van der Waals surface area contributed by atoms with E-state index in [1.165, 1.54) is 0 Å². The van der Waals surface area contributed by atoms with Crippen molar-refractivity contribution in [3.63, 3.8) is 0 Å². The second-order valence-corrected chi connectivity index (χ2v) is 5.73. The lowest BCUT2D eigenvalue weighted by Crippen LogP contribution is -2.35. The summed E-state index contributed by atoms with van der Waals surface area (Å²) in [5.74, 6) is -1.35. The predicted octanol–water partition coefficient (Wildman–Crippen LogP) is 1.18. The fourth-order valence-electron chi connectivity index (χ4n) is 2.93. The Hall–Kier alpha value is -1.59. The van der Waals surface area contributed by atoms with E-state index in [0.29, 0.717) is 13.0 Å². The number of carboxylic acids is 1. The van der Waals surface area contributed by atoms with Gasteiger partial charge in [-0.3, -0.25) is 14.4 Å². The van der Waals surface area contributed by atoms with Gasteiger partial charge >= 0.3 is 5.97 Å². The zero-order valence-electron chi connectivity index (χ0n) is 11.8. The minimum absolute atomic E-state index is 0.0572. The molecule has 1 aliphatic rings. The maximum Gasteiger partial charge on any atom is 0.303 e. The van der Waals surface area contributed by atoms with Crippen molar-refractivity contribution in [1.29, 1.82) is 0 Å². The highest BCUT2D eigenvalue weighted by Crippen LogP contribution is 2.42. The number of carbonyl (C=O) groups is 3. The average molecular weight is 284 g/mol. The molecule has 1 aliphatic carbocycles. The fourth-order valence-corrected chi connectivity index (χ4v) is 2.93. The van der Waals surface area contributed by atoms with E-state index in [1.807, 2.05) is 0 Å². The molecular weight excluding hydrogens is 260 g/mol. The van der Waals surface area contributed by atoms with Gasteiger partial charge in [0.15, 0.2) is 0 Å². The third kappa shape index (κ3) is 6.04. The van der Waals surface area contributed by atoms with Crippen LogP contribution in [0.4, 0.5) is 0 Å². The molecule has 0 heterocycles. The van der Waals surface area contributed by atoms with Crippen LogP contribution in [0, 0.1) is 5.41 Å². The molecule has 0 bridgehead atoms. The number of carboxylic acid groups (broad SMARTS) is 1. The van der Waals surface area contributed by atoms with Crippen molar-refractivity contribution in [3.05, 3.63) is 0 Å². The van der Waals surface area contributed by atoms with E-state index < -0.39 is 11.4 Å². The first kappa shape index (κ1) is 16.5. The topological polar surface area (TPSA) is 109 Å². The first-order valence-electron chi connectivity index (χ1n) is 7.20. The van der Waals surface area contributed by atoms with E-state index in [-0.39, 0.29) is 31.1 Å². The molecule has 114 valence electrons. The molecule has 0 aliphatic heterocycles. The number of rotatable bonds is 8. The zero-order valence-corrected chi connectivity index (χ0v) is 11.8. The van der Waals surface area contributed by atoms with Gasteiger partial charge in [-0.15, -0.1) is 0 Å².